The smallest absolute Gasteiger partial charge is 0.137 e. The Balaban J connectivity index is 1.49. The molecule has 1 fully saturated rings. The molecule has 2 aromatic heterocycles. The summed E-state index contributed by atoms with van der Waals surface area (Å²) in [4.78, 5) is 16.0. The van der Waals surface area contributed by atoms with Gasteiger partial charge in [-0.3, -0.25) is 4.98 Å². The molecule has 0 unspecified atom stereocenters. The number of fused-ring (bicyclic) bond motifs is 1. The van der Waals surface area contributed by atoms with Crippen LogP contribution >= 0.6 is 0 Å². The first kappa shape index (κ1) is 21.5. The third-order valence-corrected chi connectivity index (χ3v) is 6.58. The number of pyridine rings is 1. The minimum atomic E-state index is -0.209. The molecule has 1 aliphatic rings. The van der Waals surface area contributed by atoms with Gasteiger partial charge >= 0.3 is 0 Å². The third kappa shape index (κ3) is 4.57. The maximum Gasteiger partial charge on any atom is 0.137 e. The number of anilines is 1. The molecule has 4 aromatic rings. The van der Waals surface area contributed by atoms with Crippen LogP contribution in [0.2, 0.25) is 0 Å². The van der Waals surface area contributed by atoms with Gasteiger partial charge in [0.05, 0.1) is 11.2 Å². The first-order chi connectivity index (χ1) is 16.1. The normalized spacial score (nSPS) is 15.1. The standard InChI is InChI=1S/C27H28FN5/c1-18-14-21(5-7-24(18)28)26-22(4-3-11-29-26)20-6-8-25-23(15-20)27(32-17-31-25)30-16-19-9-12-33(2)13-10-19/h3-8,11,14-15,17,19H,9-10,12-13,16H2,1-2H3,(H,30,31,32). The molecule has 3 heterocycles. The summed E-state index contributed by atoms with van der Waals surface area (Å²) < 4.78 is 13.8. The highest BCUT2D eigenvalue weighted by Gasteiger charge is 2.17. The fourth-order valence-electron chi connectivity index (χ4n) is 4.53. The van der Waals surface area contributed by atoms with Gasteiger partial charge in [0.15, 0.2) is 0 Å². The van der Waals surface area contributed by atoms with Gasteiger partial charge in [0.25, 0.3) is 0 Å². The van der Waals surface area contributed by atoms with Gasteiger partial charge in [0, 0.05) is 29.3 Å². The van der Waals surface area contributed by atoms with E-state index in [1.807, 2.05) is 18.2 Å². The third-order valence-electron chi connectivity index (χ3n) is 6.58. The Labute approximate surface area is 193 Å². The number of aryl methyl sites for hydroxylation is 1. The topological polar surface area (TPSA) is 53.9 Å². The summed E-state index contributed by atoms with van der Waals surface area (Å²) in [5.41, 5.74) is 5.27. The van der Waals surface area contributed by atoms with E-state index >= 15 is 0 Å². The average Bonchev–Trinajstić information content (AvgIpc) is 2.85. The number of nitrogens with one attached hydrogen (secondary N) is 1. The van der Waals surface area contributed by atoms with Gasteiger partial charge in [0.2, 0.25) is 0 Å². The van der Waals surface area contributed by atoms with Crippen molar-refractivity contribution in [3.05, 3.63) is 72.4 Å². The van der Waals surface area contributed by atoms with E-state index in [-0.39, 0.29) is 5.82 Å². The molecule has 33 heavy (non-hydrogen) atoms. The quantitative estimate of drug-likeness (QED) is 0.439. The number of halogens is 1. The van der Waals surface area contributed by atoms with Crippen LogP contribution in [0.1, 0.15) is 18.4 Å². The van der Waals surface area contributed by atoms with Crippen molar-refractivity contribution < 1.29 is 4.39 Å². The second-order valence-corrected chi connectivity index (χ2v) is 8.95. The number of likely N-dealkylation sites (tertiary alicyclic amines) is 1. The van der Waals surface area contributed by atoms with Gasteiger partial charge < -0.3 is 10.2 Å². The number of hydrogen-bond acceptors (Lipinski definition) is 5. The summed E-state index contributed by atoms with van der Waals surface area (Å²) >= 11 is 0. The first-order valence-electron chi connectivity index (χ1n) is 11.5. The van der Waals surface area contributed by atoms with Gasteiger partial charge in [-0.2, -0.15) is 0 Å². The Morgan fingerprint density at radius 3 is 2.64 bits per heavy atom. The molecule has 5 nitrogen and oxygen atoms in total. The molecule has 0 aliphatic carbocycles. The number of rotatable bonds is 5. The summed E-state index contributed by atoms with van der Waals surface area (Å²) in [5, 5.41) is 4.58. The van der Waals surface area contributed by atoms with E-state index in [1.165, 1.54) is 18.9 Å². The molecule has 0 spiro atoms. The highest BCUT2D eigenvalue weighted by Crippen LogP contribution is 2.33. The van der Waals surface area contributed by atoms with Crippen LogP contribution in [0.25, 0.3) is 33.3 Å². The maximum atomic E-state index is 13.8. The molecular weight excluding hydrogens is 413 g/mol. The lowest BCUT2D eigenvalue weighted by atomic mass is 9.96. The van der Waals surface area contributed by atoms with E-state index in [0.29, 0.717) is 11.5 Å². The van der Waals surface area contributed by atoms with Crippen molar-refractivity contribution in [2.24, 2.45) is 5.92 Å². The molecule has 168 valence electrons. The lowest BCUT2D eigenvalue weighted by molar-refractivity contribution is 0.226. The van der Waals surface area contributed by atoms with Gasteiger partial charge in [-0.05, 0) is 93.3 Å². The predicted octanol–water partition coefficient (Wildman–Crippen LogP) is 5.56. The molecule has 0 bridgehead atoms. The number of hydrogen-bond donors (Lipinski definition) is 1. The molecule has 0 atom stereocenters. The molecular formula is C27H28FN5. The number of benzene rings is 2. The van der Waals surface area contributed by atoms with E-state index in [1.54, 1.807) is 25.5 Å². The molecule has 1 saturated heterocycles. The largest absolute Gasteiger partial charge is 0.369 e. The Morgan fingerprint density at radius 2 is 1.82 bits per heavy atom. The molecule has 2 aromatic carbocycles. The zero-order chi connectivity index (χ0) is 22.8. The fourth-order valence-corrected chi connectivity index (χ4v) is 4.53. The van der Waals surface area contributed by atoms with Crippen LogP contribution in [-0.4, -0.2) is 46.5 Å². The van der Waals surface area contributed by atoms with E-state index in [2.05, 4.69) is 50.4 Å². The van der Waals surface area contributed by atoms with Crippen molar-refractivity contribution in [3.8, 4) is 22.4 Å². The van der Waals surface area contributed by atoms with Crippen LogP contribution < -0.4 is 5.32 Å². The highest BCUT2D eigenvalue weighted by atomic mass is 19.1. The summed E-state index contributed by atoms with van der Waals surface area (Å²) in [6, 6.07) is 15.3. The van der Waals surface area contributed by atoms with Crippen LogP contribution in [0.5, 0.6) is 0 Å². The summed E-state index contributed by atoms with van der Waals surface area (Å²) in [6.07, 6.45) is 5.80. The van der Waals surface area contributed by atoms with Crippen molar-refractivity contribution in [1.29, 1.82) is 0 Å². The molecule has 0 saturated carbocycles. The van der Waals surface area contributed by atoms with Gasteiger partial charge in [-0.1, -0.05) is 12.1 Å². The Bertz CT molecular complexity index is 1280. The van der Waals surface area contributed by atoms with Crippen LogP contribution in [0.4, 0.5) is 10.2 Å². The van der Waals surface area contributed by atoms with E-state index < -0.39 is 0 Å². The number of piperidine rings is 1. The predicted molar refractivity (Wildman–Crippen MR) is 132 cm³/mol. The molecule has 1 aliphatic heterocycles. The average molecular weight is 442 g/mol. The summed E-state index contributed by atoms with van der Waals surface area (Å²) in [5.74, 6) is 1.31. The fraction of sp³-hybridized carbons (Fsp3) is 0.296. The van der Waals surface area contributed by atoms with Crippen LogP contribution in [0.3, 0.4) is 0 Å². The monoisotopic (exact) mass is 441 g/mol. The molecule has 6 heteroatoms. The molecule has 0 radical (unpaired) electrons. The Kier molecular flexibility index (Phi) is 6.01. The van der Waals surface area contributed by atoms with E-state index in [0.717, 1.165) is 58.7 Å². The van der Waals surface area contributed by atoms with Crippen LogP contribution in [-0.2, 0) is 0 Å². The second-order valence-electron chi connectivity index (χ2n) is 8.95. The first-order valence-corrected chi connectivity index (χ1v) is 11.5. The number of aromatic nitrogens is 3. The summed E-state index contributed by atoms with van der Waals surface area (Å²) in [7, 11) is 2.18. The second kappa shape index (κ2) is 9.24. The van der Waals surface area contributed by atoms with Crippen LogP contribution in [0.15, 0.2) is 61.1 Å². The van der Waals surface area contributed by atoms with Crippen molar-refractivity contribution in [1.82, 2.24) is 19.9 Å². The molecule has 1 N–H and O–H groups in total. The van der Waals surface area contributed by atoms with E-state index in [4.69, 9.17) is 0 Å². The number of nitrogens with zero attached hydrogens (tertiary/aromatic N) is 4. The van der Waals surface area contributed by atoms with Crippen molar-refractivity contribution >= 4 is 16.7 Å². The van der Waals surface area contributed by atoms with Gasteiger partial charge in [0.1, 0.15) is 18.0 Å². The maximum absolute atomic E-state index is 13.8. The van der Waals surface area contributed by atoms with Gasteiger partial charge in [-0.15, -0.1) is 0 Å². The Hall–Kier alpha value is -3.38. The van der Waals surface area contributed by atoms with Crippen molar-refractivity contribution in [2.45, 2.75) is 19.8 Å². The summed E-state index contributed by atoms with van der Waals surface area (Å²) in [6.45, 7) is 4.98. The lowest BCUT2D eigenvalue weighted by Crippen LogP contribution is -2.33. The van der Waals surface area contributed by atoms with Crippen molar-refractivity contribution in [3.63, 3.8) is 0 Å². The minimum absolute atomic E-state index is 0.209. The Morgan fingerprint density at radius 1 is 1.00 bits per heavy atom. The zero-order valence-electron chi connectivity index (χ0n) is 19.1. The van der Waals surface area contributed by atoms with Crippen molar-refractivity contribution in [2.75, 3.05) is 32.0 Å². The molecule has 5 rings (SSSR count). The highest BCUT2D eigenvalue weighted by molar-refractivity contribution is 5.94. The minimum Gasteiger partial charge on any atom is -0.369 e. The van der Waals surface area contributed by atoms with Crippen LogP contribution in [0, 0.1) is 18.7 Å². The molecule has 0 amide bonds. The lowest BCUT2D eigenvalue weighted by Gasteiger charge is -2.29. The SMILES string of the molecule is Cc1cc(-c2ncccc2-c2ccc3ncnc(NCC4CCN(C)CC4)c3c2)ccc1F. The van der Waals surface area contributed by atoms with E-state index in [9.17, 15) is 4.39 Å². The zero-order valence-corrected chi connectivity index (χ0v) is 19.1. The van der Waals surface area contributed by atoms with Gasteiger partial charge in [-0.25, -0.2) is 14.4 Å².